The lowest BCUT2D eigenvalue weighted by atomic mass is 9.87. The maximum Gasteiger partial charge on any atom is 0.262 e. The van der Waals surface area contributed by atoms with Crippen molar-refractivity contribution in [3.63, 3.8) is 0 Å². The molecule has 1 heterocycles. The number of benzene rings is 3. The van der Waals surface area contributed by atoms with Gasteiger partial charge in [-0.1, -0.05) is 51.1 Å². The van der Waals surface area contributed by atoms with Gasteiger partial charge in [-0.25, -0.2) is 4.98 Å². The van der Waals surface area contributed by atoms with Crippen molar-refractivity contribution in [2.24, 2.45) is 0 Å². The van der Waals surface area contributed by atoms with E-state index in [1.807, 2.05) is 61.5 Å². The van der Waals surface area contributed by atoms with E-state index >= 15 is 0 Å². The largest absolute Gasteiger partial charge is 0.484 e. The van der Waals surface area contributed by atoms with E-state index in [-0.39, 0.29) is 17.9 Å². The zero-order chi connectivity index (χ0) is 22.0. The Morgan fingerprint density at radius 1 is 1.03 bits per heavy atom. The highest BCUT2D eigenvalue weighted by molar-refractivity contribution is 5.94. The molecule has 31 heavy (non-hydrogen) atoms. The third-order valence-corrected chi connectivity index (χ3v) is 5.14. The van der Waals surface area contributed by atoms with Gasteiger partial charge in [-0.05, 0) is 59.9 Å². The van der Waals surface area contributed by atoms with Crippen LogP contribution < -0.4 is 10.1 Å². The van der Waals surface area contributed by atoms with Crippen LogP contribution in [0.3, 0.4) is 0 Å². The second-order valence-electron chi connectivity index (χ2n) is 8.63. The number of carbonyl (C=O) groups is 1. The lowest BCUT2D eigenvalue weighted by Gasteiger charge is -2.19. The van der Waals surface area contributed by atoms with Crippen molar-refractivity contribution < 1.29 is 13.9 Å². The Bertz CT molecular complexity index is 1220. The van der Waals surface area contributed by atoms with Crippen LogP contribution in [0, 0.1) is 6.92 Å². The summed E-state index contributed by atoms with van der Waals surface area (Å²) in [5.74, 6) is 0.999. The van der Waals surface area contributed by atoms with Crippen molar-refractivity contribution in [1.29, 1.82) is 0 Å². The van der Waals surface area contributed by atoms with Gasteiger partial charge in [-0.3, -0.25) is 4.79 Å². The lowest BCUT2D eigenvalue weighted by Crippen LogP contribution is -2.20. The molecule has 4 rings (SSSR count). The molecule has 1 aromatic heterocycles. The number of aromatic nitrogens is 1. The third-order valence-electron chi connectivity index (χ3n) is 5.14. The van der Waals surface area contributed by atoms with Crippen LogP contribution in [0.2, 0.25) is 0 Å². The number of amides is 1. The summed E-state index contributed by atoms with van der Waals surface area (Å²) in [4.78, 5) is 16.9. The van der Waals surface area contributed by atoms with E-state index in [9.17, 15) is 4.79 Å². The maximum atomic E-state index is 12.3. The average molecular weight is 415 g/mol. The monoisotopic (exact) mass is 414 g/mol. The predicted molar refractivity (Wildman–Crippen MR) is 123 cm³/mol. The molecular weight excluding hydrogens is 388 g/mol. The summed E-state index contributed by atoms with van der Waals surface area (Å²) in [5, 5.41) is 2.85. The molecule has 5 nitrogen and oxygen atoms in total. The first-order valence-corrected chi connectivity index (χ1v) is 10.3. The van der Waals surface area contributed by atoms with E-state index in [1.165, 1.54) is 5.56 Å². The van der Waals surface area contributed by atoms with E-state index in [2.05, 4.69) is 31.1 Å². The Hall–Kier alpha value is -3.60. The first-order valence-electron chi connectivity index (χ1n) is 10.3. The molecule has 0 saturated carbocycles. The van der Waals surface area contributed by atoms with Crippen LogP contribution in [0.15, 0.2) is 71.1 Å². The summed E-state index contributed by atoms with van der Waals surface area (Å²) < 4.78 is 11.5. The first-order chi connectivity index (χ1) is 14.8. The molecule has 0 spiro atoms. The third kappa shape index (κ3) is 4.77. The molecule has 0 radical (unpaired) electrons. The maximum absolute atomic E-state index is 12.3. The van der Waals surface area contributed by atoms with Crippen molar-refractivity contribution in [3.8, 4) is 17.2 Å². The predicted octanol–water partition coefficient (Wildman–Crippen LogP) is 6.12. The first kappa shape index (κ1) is 20.7. The lowest BCUT2D eigenvalue weighted by molar-refractivity contribution is -0.118. The van der Waals surface area contributed by atoms with Crippen molar-refractivity contribution in [1.82, 2.24) is 4.98 Å². The molecule has 1 N–H and O–H groups in total. The molecule has 0 aliphatic heterocycles. The molecule has 5 heteroatoms. The number of anilines is 1. The fourth-order valence-corrected chi connectivity index (χ4v) is 3.33. The minimum absolute atomic E-state index is 0.0693. The quantitative estimate of drug-likeness (QED) is 0.427. The van der Waals surface area contributed by atoms with Crippen molar-refractivity contribution in [3.05, 3.63) is 77.9 Å². The van der Waals surface area contributed by atoms with Gasteiger partial charge in [0.2, 0.25) is 5.89 Å². The number of nitrogens with one attached hydrogen (secondary N) is 1. The zero-order valence-corrected chi connectivity index (χ0v) is 18.2. The molecular formula is C26H26N2O3. The number of fused-ring (bicyclic) bond motifs is 1. The van der Waals surface area contributed by atoms with E-state index in [4.69, 9.17) is 9.15 Å². The SMILES string of the molecule is Cc1ccccc1-c1nc2cc(NC(=O)COc3ccc(C(C)(C)C)cc3)ccc2o1. The summed E-state index contributed by atoms with van der Waals surface area (Å²) in [6.07, 6.45) is 0. The van der Waals surface area contributed by atoms with Crippen LogP contribution in [-0.2, 0) is 10.2 Å². The number of carbonyl (C=O) groups excluding carboxylic acids is 1. The van der Waals surface area contributed by atoms with Crippen LogP contribution in [0.1, 0.15) is 31.9 Å². The highest BCUT2D eigenvalue weighted by atomic mass is 16.5. The normalized spacial score (nSPS) is 11.5. The van der Waals surface area contributed by atoms with E-state index in [1.54, 1.807) is 12.1 Å². The Morgan fingerprint density at radius 3 is 2.48 bits per heavy atom. The molecule has 0 saturated heterocycles. The molecule has 0 aliphatic rings. The highest BCUT2D eigenvalue weighted by Gasteiger charge is 2.14. The Morgan fingerprint density at radius 2 is 1.77 bits per heavy atom. The molecule has 0 bridgehead atoms. The smallest absolute Gasteiger partial charge is 0.262 e. The number of aryl methyl sites for hydroxylation is 1. The summed E-state index contributed by atoms with van der Waals surface area (Å²) in [7, 11) is 0. The Labute approximate surface area is 182 Å². The van der Waals surface area contributed by atoms with Gasteiger partial charge in [0.15, 0.2) is 12.2 Å². The number of rotatable bonds is 5. The van der Waals surface area contributed by atoms with Crippen LogP contribution in [0.4, 0.5) is 5.69 Å². The van der Waals surface area contributed by atoms with Gasteiger partial charge in [-0.2, -0.15) is 0 Å². The van der Waals surface area contributed by atoms with Crippen LogP contribution >= 0.6 is 0 Å². The molecule has 0 atom stereocenters. The molecule has 158 valence electrons. The fourth-order valence-electron chi connectivity index (χ4n) is 3.33. The van der Waals surface area contributed by atoms with Crippen LogP contribution in [0.25, 0.3) is 22.6 Å². The molecule has 0 fully saturated rings. The van der Waals surface area contributed by atoms with Crippen molar-refractivity contribution in [2.45, 2.75) is 33.1 Å². The highest BCUT2D eigenvalue weighted by Crippen LogP contribution is 2.28. The number of ether oxygens (including phenoxy) is 1. The van der Waals surface area contributed by atoms with Crippen LogP contribution in [0.5, 0.6) is 5.75 Å². The number of hydrogen-bond acceptors (Lipinski definition) is 4. The fraction of sp³-hybridized carbons (Fsp3) is 0.231. The van der Waals surface area contributed by atoms with Gasteiger partial charge in [0.25, 0.3) is 5.91 Å². The van der Waals surface area contributed by atoms with Gasteiger partial charge >= 0.3 is 0 Å². The van der Waals surface area contributed by atoms with Crippen molar-refractivity contribution >= 4 is 22.7 Å². The summed E-state index contributed by atoms with van der Waals surface area (Å²) in [6, 6.07) is 21.2. The van der Waals surface area contributed by atoms with Gasteiger partial charge in [0.1, 0.15) is 11.3 Å². The summed E-state index contributed by atoms with van der Waals surface area (Å²) >= 11 is 0. The number of oxazole rings is 1. The Kier molecular flexibility index (Phi) is 5.51. The number of nitrogens with zero attached hydrogens (tertiary/aromatic N) is 1. The zero-order valence-electron chi connectivity index (χ0n) is 18.2. The molecule has 0 unspecified atom stereocenters. The van der Waals surface area contributed by atoms with E-state index in [0.717, 1.165) is 11.1 Å². The molecule has 4 aromatic rings. The topological polar surface area (TPSA) is 64.4 Å². The molecule has 0 aliphatic carbocycles. The standard InChI is InChI=1S/C26H26N2O3/c1-17-7-5-6-8-21(17)25-28-22-15-19(11-14-23(22)31-25)27-24(29)16-30-20-12-9-18(10-13-20)26(2,3)4/h5-15H,16H2,1-4H3,(H,27,29). The summed E-state index contributed by atoms with van der Waals surface area (Å²) in [5.41, 5.74) is 5.35. The van der Waals surface area contributed by atoms with Gasteiger partial charge in [-0.15, -0.1) is 0 Å². The average Bonchev–Trinajstić information content (AvgIpc) is 3.15. The minimum Gasteiger partial charge on any atom is -0.484 e. The second kappa shape index (κ2) is 8.26. The van der Waals surface area contributed by atoms with Crippen LogP contribution in [-0.4, -0.2) is 17.5 Å². The minimum atomic E-state index is -0.234. The van der Waals surface area contributed by atoms with Gasteiger partial charge in [0.05, 0.1) is 0 Å². The summed E-state index contributed by atoms with van der Waals surface area (Å²) in [6.45, 7) is 8.43. The van der Waals surface area contributed by atoms with Crippen molar-refractivity contribution in [2.75, 3.05) is 11.9 Å². The van der Waals surface area contributed by atoms with E-state index in [0.29, 0.717) is 28.4 Å². The van der Waals surface area contributed by atoms with E-state index < -0.39 is 0 Å². The Balaban J connectivity index is 1.41. The molecule has 3 aromatic carbocycles. The molecule has 1 amide bonds. The second-order valence-corrected chi connectivity index (χ2v) is 8.63. The number of hydrogen-bond donors (Lipinski definition) is 1. The van der Waals surface area contributed by atoms with Gasteiger partial charge < -0.3 is 14.5 Å². The van der Waals surface area contributed by atoms with Gasteiger partial charge in [0, 0.05) is 11.3 Å².